The Hall–Kier alpha value is -2.24. The summed E-state index contributed by atoms with van der Waals surface area (Å²) in [6, 6.07) is 3.03. The van der Waals surface area contributed by atoms with E-state index in [9.17, 15) is 4.39 Å². The Morgan fingerprint density at radius 3 is 2.70 bits per heavy atom. The molecule has 0 N–H and O–H groups in total. The summed E-state index contributed by atoms with van der Waals surface area (Å²) in [5.74, 6) is 0.682. The van der Waals surface area contributed by atoms with Crippen LogP contribution < -0.4 is 9.64 Å². The largest absolute Gasteiger partial charge is 0.473 e. The molecule has 3 rings (SSSR count). The molecule has 1 fully saturated rings. The molecule has 5 nitrogen and oxygen atoms in total. The molecule has 1 aliphatic rings. The molecule has 2 aromatic heterocycles. The number of hydrogen-bond donors (Lipinski definition) is 0. The van der Waals surface area contributed by atoms with Gasteiger partial charge in [0.05, 0.1) is 6.20 Å². The number of ether oxygens (including phenoxy) is 1. The molecule has 0 spiro atoms. The van der Waals surface area contributed by atoms with Gasteiger partial charge in [0, 0.05) is 44.5 Å². The van der Waals surface area contributed by atoms with Crippen LogP contribution in [0, 0.1) is 5.82 Å². The summed E-state index contributed by atoms with van der Waals surface area (Å²) in [6.07, 6.45) is 8.15. The quantitative estimate of drug-likeness (QED) is 0.857. The Morgan fingerprint density at radius 1 is 1.15 bits per heavy atom. The first-order chi connectivity index (χ1) is 9.83. The molecule has 0 amide bonds. The van der Waals surface area contributed by atoms with Gasteiger partial charge in [-0.15, -0.1) is 0 Å². The third-order valence-electron chi connectivity index (χ3n) is 3.31. The summed E-state index contributed by atoms with van der Waals surface area (Å²) in [5.41, 5.74) is 0. The van der Waals surface area contributed by atoms with Crippen molar-refractivity contribution in [1.29, 1.82) is 0 Å². The van der Waals surface area contributed by atoms with Crippen LogP contribution in [0.5, 0.6) is 5.88 Å². The van der Waals surface area contributed by atoms with Crippen molar-refractivity contribution in [2.75, 3.05) is 18.0 Å². The second kappa shape index (κ2) is 5.81. The molecule has 3 heterocycles. The molecule has 0 aromatic carbocycles. The van der Waals surface area contributed by atoms with Crippen molar-refractivity contribution in [3.05, 3.63) is 42.7 Å². The van der Waals surface area contributed by atoms with E-state index in [1.54, 1.807) is 30.9 Å². The Morgan fingerprint density at radius 2 is 2.00 bits per heavy atom. The summed E-state index contributed by atoms with van der Waals surface area (Å²) in [4.78, 5) is 14.1. The lowest BCUT2D eigenvalue weighted by atomic mass is 10.1. The van der Waals surface area contributed by atoms with Gasteiger partial charge in [0.25, 0.3) is 0 Å². The van der Waals surface area contributed by atoms with Crippen LogP contribution in [0.25, 0.3) is 0 Å². The Bertz CT molecular complexity index is 558. The summed E-state index contributed by atoms with van der Waals surface area (Å²) in [6.45, 7) is 1.44. The highest BCUT2D eigenvalue weighted by Gasteiger charge is 2.23. The highest BCUT2D eigenvalue weighted by molar-refractivity contribution is 5.40. The second-order valence-electron chi connectivity index (χ2n) is 4.66. The predicted molar refractivity (Wildman–Crippen MR) is 72.1 cm³/mol. The van der Waals surface area contributed by atoms with E-state index in [1.807, 2.05) is 4.90 Å². The maximum atomic E-state index is 13.7. The van der Waals surface area contributed by atoms with Gasteiger partial charge >= 0.3 is 0 Å². The minimum Gasteiger partial charge on any atom is -0.473 e. The second-order valence-corrected chi connectivity index (χ2v) is 4.66. The number of hydrogen-bond acceptors (Lipinski definition) is 5. The molecular formula is C14H15FN4O. The topological polar surface area (TPSA) is 51.1 Å². The SMILES string of the molecule is Fc1cccnc1N1CCC(Oc2cnccn2)CC1. The van der Waals surface area contributed by atoms with E-state index in [2.05, 4.69) is 15.0 Å². The fourth-order valence-corrected chi connectivity index (χ4v) is 2.31. The number of piperidine rings is 1. The first-order valence-electron chi connectivity index (χ1n) is 6.61. The van der Waals surface area contributed by atoms with Crippen molar-refractivity contribution >= 4 is 5.82 Å². The van der Waals surface area contributed by atoms with E-state index in [-0.39, 0.29) is 11.9 Å². The van der Waals surface area contributed by atoms with E-state index < -0.39 is 0 Å². The number of nitrogens with zero attached hydrogens (tertiary/aromatic N) is 4. The fourth-order valence-electron chi connectivity index (χ4n) is 2.31. The van der Waals surface area contributed by atoms with E-state index in [1.165, 1.54) is 6.07 Å². The molecule has 0 unspecified atom stereocenters. The molecule has 6 heteroatoms. The zero-order valence-electron chi connectivity index (χ0n) is 10.9. The monoisotopic (exact) mass is 274 g/mol. The van der Waals surface area contributed by atoms with Crippen LogP contribution in [0.1, 0.15) is 12.8 Å². The van der Waals surface area contributed by atoms with Crippen molar-refractivity contribution in [2.24, 2.45) is 0 Å². The summed E-state index contributed by atoms with van der Waals surface area (Å²) in [7, 11) is 0. The van der Waals surface area contributed by atoms with Gasteiger partial charge in [0.2, 0.25) is 5.88 Å². The van der Waals surface area contributed by atoms with Crippen molar-refractivity contribution in [1.82, 2.24) is 15.0 Å². The molecule has 1 aliphatic heterocycles. The highest BCUT2D eigenvalue weighted by atomic mass is 19.1. The van der Waals surface area contributed by atoms with Crippen LogP contribution in [0.4, 0.5) is 10.2 Å². The van der Waals surface area contributed by atoms with Gasteiger partial charge in [-0.05, 0) is 12.1 Å². The first kappa shape index (κ1) is 12.8. The predicted octanol–water partition coefficient (Wildman–Crippen LogP) is 2.06. The van der Waals surface area contributed by atoms with E-state index in [0.717, 1.165) is 25.9 Å². The first-order valence-corrected chi connectivity index (χ1v) is 6.61. The summed E-state index contributed by atoms with van der Waals surface area (Å²) >= 11 is 0. The minimum atomic E-state index is -0.277. The Kier molecular flexibility index (Phi) is 3.71. The number of anilines is 1. The van der Waals surface area contributed by atoms with E-state index in [0.29, 0.717) is 11.7 Å². The number of halogens is 1. The Labute approximate surface area is 116 Å². The smallest absolute Gasteiger partial charge is 0.232 e. The lowest BCUT2D eigenvalue weighted by Crippen LogP contribution is -2.39. The molecule has 0 aliphatic carbocycles. The van der Waals surface area contributed by atoms with Gasteiger partial charge in [-0.1, -0.05) is 0 Å². The van der Waals surface area contributed by atoms with Crippen LogP contribution in [-0.2, 0) is 0 Å². The number of rotatable bonds is 3. The lowest BCUT2D eigenvalue weighted by Gasteiger charge is -2.32. The number of pyridine rings is 1. The van der Waals surface area contributed by atoms with Crippen molar-refractivity contribution in [3.63, 3.8) is 0 Å². The Balaban J connectivity index is 1.59. The zero-order valence-corrected chi connectivity index (χ0v) is 10.9. The van der Waals surface area contributed by atoms with Crippen LogP contribution in [0.3, 0.4) is 0 Å². The third-order valence-corrected chi connectivity index (χ3v) is 3.31. The van der Waals surface area contributed by atoms with E-state index >= 15 is 0 Å². The van der Waals surface area contributed by atoms with Gasteiger partial charge in [-0.2, -0.15) is 0 Å². The molecule has 0 atom stereocenters. The number of aromatic nitrogens is 3. The van der Waals surface area contributed by atoms with E-state index in [4.69, 9.17) is 4.74 Å². The standard InChI is InChI=1S/C14H15FN4O/c15-12-2-1-5-18-14(12)19-8-3-11(4-9-19)20-13-10-16-6-7-17-13/h1-2,5-7,10-11H,3-4,8-9H2. The molecular weight excluding hydrogens is 259 g/mol. The van der Waals surface area contributed by atoms with Gasteiger partial charge < -0.3 is 9.64 Å². The normalized spacial score (nSPS) is 16.1. The van der Waals surface area contributed by atoms with Crippen LogP contribution in [-0.4, -0.2) is 34.1 Å². The maximum absolute atomic E-state index is 13.7. The van der Waals surface area contributed by atoms with Crippen LogP contribution >= 0.6 is 0 Å². The molecule has 20 heavy (non-hydrogen) atoms. The maximum Gasteiger partial charge on any atom is 0.232 e. The average Bonchev–Trinajstić information content (AvgIpc) is 2.50. The van der Waals surface area contributed by atoms with Gasteiger partial charge in [-0.25, -0.2) is 14.4 Å². The summed E-state index contributed by atoms with van der Waals surface area (Å²) < 4.78 is 19.4. The van der Waals surface area contributed by atoms with Crippen molar-refractivity contribution < 1.29 is 9.13 Å². The molecule has 104 valence electrons. The third kappa shape index (κ3) is 2.84. The molecule has 0 saturated carbocycles. The molecule has 0 bridgehead atoms. The van der Waals surface area contributed by atoms with Gasteiger partial charge in [0.15, 0.2) is 11.6 Å². The molecule has 0 radical (unpaired) electrons. The summed E-state index contributed by atoms with van der Waals surface area (Å²) in [5, 5.41) is 0. The van der Waals surface area contributed by atoms with Crippen molar-refractivity contribution in [2.45, 2.75) is 18.9 Å². The van der Waals surface area contributed by atoms with Gasteiger partial charge in [-0.3, -0.25) is 4.98 Å². The zero-order chi connectivity index (χ0) is 13.8. The van der Waals surface area contributed by atoms with Gasteiger partial charge in [0.1, 0.15) is 6.10 Å². The average molecular weight is 274 g/mol. The molecule has 1 saturated heterocycles. The lowest BCUT2D eigenvalue weighted by molar-refractivity contribution is 0.163. The highest BCUT2D eigenvalue weighted by Crippen LogP contribution is 2.22. The fraction of sp³-hybridized carbons (Fsp3) is 0.357. The minimum absolute atomic E-state index is 0.0923. The van der Waals surface area contributed by atoms with Crippen LogP contribution in [0.15, 0.2) is 36.9 Å². The van der Waals surface area contributed by atoms with Crippen molar-refractivity contribution in [3.8, 4) is 5.88 Å². The molecule has 2 aromatic rings. The van der Waals surface area contributed by atoms with Crippen LogP contribution in [0.2, 0.25) is 0 Å².